The summed E-state index contributed by atoms with van der Waals surface area (Å²) in [6.45, 7) is -4.07. The summed E-state index contributed by atoms with van der Waals surface area (Å²) in [7, 11) is 0. The van der Waals surface area contributed by atoms with Crippen molar-refractivity contribution in [3.8, 4) is 0 Å². The Morgan fingerprint density at radius 1 is 0.505 bits per heavy atom. The Bertz CT molecular complexity index is 2570. The molecule has 36 nitrogen and oxygen atoms in total. The van der Waals surface area contributed by atoms with E-state index in [2.05, 4.69) is 30.8 Å². The van der Waals surface area contributed by atoms with Gasteiger partial charge in [0.25, 0.3) is 0 Å². The number of hydrogen-bond donors (Lipinski definition) is 12. The number of ether oxygens (including phenoxy) is 3. The van der Waals surface area contributed by atoms with E-state index in [4.69, 9.17) is 14.2 Å². The normalized spacial score (nSPS) is 26.4. The summed E-state index contributed by atoms with van der Waals surface area (Å²) in [4.78, 5) is 161. The van der Waals surface area contributed by atoms with Crippen molar-refractivity contribution in [1.82, 2.24) is 34.3 Å². The molecule has 0 bridgehead atoms. The van der Waals surface area contributed by atoms with Crippen LogP contribution in [0.3, 0.4) is 0 Å². The lowest BCUT2D eigenvalue weighted by Gasteiger charge is -2.62. The fourth-order valence-electron chi connectivity index (χ4n) is 15.7. The van der Waals surface area contributed by atoms with E-state index in [0.29, 0.717) is 38.0 Å². The second kappa shape index (κ2) is 37.2. The summed E-state index contributed by atoms with van der Waals surface area (Å²) in [5.41, 5.74) is -0.528. The molecule has 14 atom stereocenters. The van der Waals surface area contributed by atoms with Crippen LogP contribution in [0, 0.1) is 46.3 Å². The van der Waals surface area contributed by atoms with Gasteiger partial charge in [-0.15, -0.1) is 0 Å². The van der Waals surface area contributed by atoms with Crippen molar-refractivity contribution in [3.63, 3.8) is 0 Å². The molecule has 12 N–H and O–H groups in total. The smallest absolute Gasteiger partial charge is 0.410 e. The van der Waals surface area contributed by atoms with Gasteiger partial charge in [0.1, 0.15) is 18.2 Å². The minimum Gasteiger partial charge on any atom is -0.481 e. The van der Waals surface area contributed by atoms with Crippen molar-refractivity contribution in [2.45, 2.75) is 121 Å². The maximum absolute atomic E-state index is 14.3. The molecule has 546 valence electrons. The van der Waals surface area contributed by atoms with Gasteiger partial charge in [-0.2, -0.15) is 0 Å². The number of amides is 1. The van der Waals surface area contributed by atoms with E-state index in [1.165, 1.54) is 14.7 Å². The molecule has 4 aliphatic carbocycles. The number of carbonyl (C=O) groups is 12. The van der Waals surface area contributed by atoms with Gasteiger partial charge in [-0.25, -0.2) is 4.79 Å². The van der Waals surface area contributed by atoms with Crippen LogP contribution >= 0.6 is 0 Å². The van der Waals surface area contributed by atoms with Crippen LogP contribution in [0.25, 0.3) is 0 Å². The number of fused-ring (bicyclic) bond motifs is 5. The van der Waals surface area contributed by atoms with Crippen LogP contribution in [0.1, 0.15) is 85.0 Å². The van der Waals surface area contributed by atoms with Crippen LogP contribution in [0.15, 0.2) is 9.98 Å². The molecule has 5 rings (SSSR count). The van der Waals surface area contributed by atoms with E-state index >= 15 is 0 Å². The number of aliphatic carboxylic acids is 11. The molecule has 0 aromatic carbocycles. The lowest BCUT2D eigenvalue weighted by Crippen LogP contribution is -2.59. The molecule has 5 aliphatic rings. The van der Waals surface area contributed by atoms with E-state index in [-0.39, 0.29) is 112 Å². The van der Waals surface area contributed by atoms with Gasteiger partial charge in [0.15, 0.2) is 25.0 Å². The molecule has 1 aliphatic heterocycles. The first kappa shape index (κ1) is 79.8. The van der Waals surface area contributed by atoms with Crippen molar-refractivity contribution in [1.29, 1.82) is 0 Å². The molecule has 1 saturated heterocycles. The molecule has 4 saturated carbocycles. The summed E-state index contributed by atoms with van der Waals surface area (Å²) in [6, 6.07) is -3.23. The molecule has 0 aromatic heterocycles. The Balaban J connectivity index is 1.39. The van der Waals surface area contributed by atoms with E-state index < -0.39 is 174 Å². The highest BCUT2D eigenvalue weighted by Crippen LogP contribution is 2.68. The maximum Gasteiger partial charge on any atom is 0.410 e. The summed E-state index contributed by atoms with van der Waals surface area (Å²) in [5, 5.41) is 118. The highest BCUT2D eigenvalue weighted by molar-refractivity contribution is 5.76. The van der Waals surface area contributed by atoms with E-state index in [1.807, 2.05) is 0 Å². The highest BCUT2D eigenvalue weighted by Gasteiger charge is 2.64. The third-order valence-electron chi connectivity index (χ3n) is 20.4. The number of aliphatic hydroxyl groups excluding tert-OH is 1. The molecular weight excluding hydrogens is 1290 g/mol. The molecule has 0 spiro atoms. The fraction of sp³-hybridized carbons (Fsp3) is 0.770. The number of aliphatic imine (C=N–C) groups is 2. The van der Waals surface area contributed by atoms with Gasteiger partial charge in [0.2, 0.25) is 0 Å². The number of carboxylic acids is 11. The van der Waals surface area contributed by atoms with Gasteiger partial charge in [-0.1, -0.05) is 20.8 Å². The summed E-state index contributed by atoms with van der Waals surface area (Å²) >= 11 is 0. The summed E-state index contributed by atoms with van der Waals surface area (Å²) in [5.74, 6) is -13.8. The second-order valence-corrected chi connectivity index (χ2v) is 26.6. The van der Waals surface area contributed by atoms with Crippen LogP contribution in [0.2, 0.25) is 0 Å². The molecular formula is C61H95N9O27. The van der Waals surface area contributed by atoms with E-state index in [1.54, 1.807) is 0 Å². The van der Waals surface area contributed by atoms with Gasteiger partial charge in [-0.05, 0) is 104 Å². The predicted molar refractivity (Wildman–Crippen MR) is 334 cm³/mol. The minimum atomic E-state index is -1.62. The molecule has 5 fully saturated rings. The largest absolute Gasteiger partial charge is 0.481 e. The highest BCUT2D eigenvalue weighted by atomic mass is 16.6. The quantitative estimate of drug-likeness (QED) is 0.0261. The summed E-state index contributed by atoms with van der Waals surface area (Å²) in [6.07, 6.45) is 4.20. The number of carbonyl (C=O) groups excluding carboxylic acids is 1. The Morgan fingerprint density at radius 2 is 0.897 bits per heavy atom. The standard InChI is InChI=1S/C61H95N9O27/c1-36(4-9-48(72)73)40-7-8-41-39-6-5-37-20-38(10-11-60(37,2)42(39)21-47(71)61(40,41)3)97-59(94)70-24-45(95-34-62-22-43(57(90)91)68(16-12-64(26-49(74)75)27-50(76)77)17-13-65(28-51(78)79)29-52(80)81)46(25-70)96-35-63-23-44(58(92)93)69(18-14-66(30-53(82)83)31-54(84)85)19-15-67(32-55(86)87)33-56(88)89/h34-47,71H,4-33H2,1-3H3,(H,72,73)(H,74,75)(H,76,77)(H,78,79)(H,80,81)(H,82,83)(H,84,85)(H,86,87)(H,88,89)(H,90,91)(H,92,93)/t36?,37-,38?,39?,40-,41?,42?,43-,44-,45-,46-,47+,60+,61-/m1/s1. The molecule has 36 heteroatoms. The number of aliphatic hydroxyl groups is 1. The SMILES string of the molecule is CC(CCC(=O)O)[C@H]1CCC2C3CC[C@@H]4CC(OC(=O)N5C[C@@H](OC=NC[C@H](C(=O)O)N(CCN(CC(=O)O)CC(=O)O)CCN(CC(=O)O)CC(=O)O)[C@H](OC=NC[C@H](C(=O)O)N(CCN(CC(=O)O)CC(=O)O)CCN(CC(=O)O)CC(=O)O)C5)CC[C@]4(C)C3C[C@H](O)[C@@]21C. The fourth-order valence-corrected chi connectivity index (χ4v) is 15.7. The van der Waals surface area contributed by atoms with E-state index in [9.17, 15) is 119 Å². The van der Waals surface area contributed by atoms with Crippen LogP contribution in [0.5, 0.6) is 0 Å². The number of likely N-dealkylation sites (tertiary alicyclic amines) is 1. The average Bonchev–Trinajstić information content (AvgIpc) is 1.68. The molecule has 1 heterocycles. The van der Waals surface area contributed by atoms with Gasteiger partial charge in [0.05, 0.1) is 84.6 Å². The zero-order valence-electron chi connectivity index (χ0n) is 54.8. The molecule has 5 unspecified atom stereocenters. The molecule has 0 radical (unpaired) electrons. The zero-order valence-corrected chi connectivity index (χ0v) is 54.8. The number of nitrogens with zero attached hydrogens (tertiary/aromatic N) is 9. The van der Waals surface area contributed by atoms with Crippen molar-refractivity contribution in [2.24, 2.45) is 56.3 Å². The van der Waals surface area contributed by atoms with Crippen LogP contribution in [-0.4, -0.2) is 348 Å². The van der Waals surface area contributed by atoms with Crippen LogP contribution in [0.4, 0.5) is 4.79 Å². The zero-order chi connectivity index (χ0) is 72.1. The third kappa shape index (κ3) is 24.0. The van der Waals surface area contributed by atoms with Crippen molar-refractivity contribution >= 4 is 84.6 Å². The molecule has 97 heavy (non-hydrogen) atoms. The number of carboxylic acid groups (broad SMARTS) is 11. The lowest BCUT2D eigenvalue weighted by molar-refractivity contribution is -0.175. The third-order valence-corrected chi connectivity index (χ3v) is 20.4. The average molecular weight is 1390 g/mol. The number of hydrogen-bond acceptors (Lipinski definition) is 24. The van der Waals surface area contributed by atoms with E-state index in [0.717, 1.165) is 58.1 Å². The van der Waals surface area contributed by atoms with Crippen molar-refractivity contribution < 1.29 is 133 Å². The Morgan fingerprint density at radius 3 is 1.26 bits per heavy atom. The van der Waals surface area contributed by atoms with Gasteiger partial charge in [0, 0.05) is 58.8 Å². The van der Waals surface area contributed by atoms with Crippen LogP contribution < -0.4 is 0 Å². The van der Waals surface area contributed by atoms with Crippen molar-refractivity contribution in [2.75, 3.05) is 131 Å². The van der Waals surface area contributed by atoms with Gasteiger partial charge >= 0.3 is 71.8 Å². The first-order valence-corrected chi connectivity index (χ1v) is 32.3. The minimum absolute atomic E-state index is 0.0682. The lowest BCUT2D eigenvalue weighted by atomic mass is 9.43. The maximum atomic E-state index is 14.3. The van der Waals surface area contributed by atoms with Crippen molar-refractivity contribution in [3.05, 3.63) is 0 Å². The first-order chi connectivity index (χ1) is 45.6. The molecule has 1 amide bonds. The Hall–Kier alpha value is -7.90. The number of rotatable bonds is 45. The van der Waals surface area contributed by atoms with Gasteiger partial charge in [-0.3, -0.25) is 92.1 Å². The molecule has 0 aromatic rings. The van der Waals surface area contributed by atoms with Gasteiger partial charge < -0.3 is 80.4 Å². The predicted octanol–water partition coefficient (Wildman–Crippen LogP) is -0.840. The summed E-state index contributed by atoms with van der Waals surface area (Å²) < 4.78 is 18.3. The Kier molecular flexibility index (Phi) is 30.6. The Labute approximate surface area is 559 Å². The monoisotopic (exact) mass is 1390 g/mol. The van der Waals surface area contributed by atoms with Crippen LogP contribution in [-0.2, 0) is 67.0 Å². The topological polar surface area (TPSA) is 523 Å². The first-order valence-electron chi connectivity index (χ1n) is 32.3. The second-order valence-electron chi connectivity index (χ2n) is 26.6.